The van der Waals surface area contributed by atoms with Crippen LogP contribution in [0.1, 0.15) is 16.7 Å². The van der Waals surface area contributed by atoms with Crippen LogP contribution in [0, 0.1) is 0 Å². The predicted molar refractivity (Wildman–Crippen MR) is 102 cm³/mol. The zero-order valence-corrected chi connectivity index (χ0v) is 17.0. The van der Waals surface area contributed by atoms with Gasteiger partial charge in [-0.1, -0.05) is 78.9 Å². The van der Waals surface area contributed by atoms with Crippen LogP contribution in [0.5, 0.6) is 0 Å². The first-order chi connectivity index (χ1) is 11.8. The van der Waals surface area contributed by atoms with Crippen LogP contribution in [0.25, 0.3) is 22.8 Å². The Kier molecular flexibility index (Phi) is 6.49. The van der Waals surface area contributed by atoms with Crippen molar-refractivity contribution in [2.24, 2.45) is 0 Å². The van der Waals surface area contributed by atoms with Crippen LogP contribution < -0.4 is 0 Å². The molecule has 0 aliphatic heterocycles. The average Bonchev–Trinajstić information content (AvgIpc) is 3.08. The maximum atomic E-state index is 4.93. The Hall–Kier alpha value is -1.14. The van der Waals surface area contributed by atoms with E-state index in [9.17, 15) is 0 Å². The van der Waals surface area contributed by atoms with Crippen molar-refractivity contribution in [3.05, 3.63) is 95.6 Å². The van der Waals surface area contributed by atoms with Crippen molar-refractivity contribution in [3.8, 4) is 11.1 Å². The number of halogens is 2. The Morgan fingerprint density at radius 1 is 0.667 bits per heavy atom. The Labute approximate surface area is 161 Å². The zero-order valence-electron chi connectivity index (χ0n) is 13.0. The van der Waals surface area contributed by atoms with Crippen molar-refractivity contribution in [1.29, 1.82) is 0 Å². The average molecular weight is 430 g/mol. The summed E-state index contributed by atoms with van der Waals surface area (Å²) in [4.78, 5) is 0. The van der Waals surface area contributed by atoms with E-state index < -0.39 is 20.8 Å². The summed E-state index contributed by atoms with van der Waals surface area (Å²) >= 11 is -0.826. The van der Waals surface area contributed by atoms with E-state index in [1.54, 1.807) is 0 Å². The summed E-state index contributed by atoms with van der Waals surface area (Å²) in [5, 5.41) is 0. The third kappa shape index (κ3) is 4.09. The number of hydrogen-bond donors (Lipinski definition) is 0. The monoisotopic (exact) mass is 428 g/mol. The third-order valence-corrected chi connectivity index (χ3v) is 4.13. The summed E-state index contributed by atoms with van der Waals surface area (Å²) in [5.41, 5.74) is 8.17. The van der Waals surface area contributed by atoms with E-state index in [0.29, 0.717) is 0 Å². The number of benzene rings is 3. The fourth-order valence-corrected chi connectivity index (χ4v) is 3.08. The molecule has 0 N–H and O–H groups in total. The van der Waals surface area contributed by atoms with Crippen LogP contribution in [0.2, 0.25) is 0 Å². The summed E-state index contributed by atoms with van der Waals surface area (Å²) in [5.74, 6) is 0. The molecule has 1 aliphatic rings. The first-order valence-corrected chi connectivity index (χ1v) is 14.1. The molecular formula is C21H16Cl2Zr. The SMILES string of the molecule is C1=C(c2ccccc2)Cc2cccc(-c3ccccc3)c21.[Cl][Zr][Cl]. The summed E-state index contributed by atoms with van der Waals surface area (Å²) in [6.07, 6.45) is 3.38. The molecule has 0 spiro atoms. The van der Waals surface area contributed by atoms with Crippen LogP contribution in [0.15, 0.2) is 78.9 Å². The summed E-state index contributed by atoms with van der Waals surface area (Å²) in [6, 6.07) is 28.0. The van der Waals surface area contributed by atoms with Crippen molar-refractivity contribution in [3.63, 3.8) is 0 Å². The van der Waals surface area contributed by atoms with Gasteiger partial charge in [0.25, 0.3) is 0 Å². The molecule has 0 saturated heterocycles. The second-order valence-electron chi connectivity index (χ2n) is 5.53. The van der Waals surface area contributed by atoms with Crippen LogP contribution in [-0.2, 0) is 27.3 Å². The van der Waals surface area contributed by atoms with Gasteiger partial charge in [-0.25, -0.2) is 0 Å². The summed E-state index contributed by atoms with van der Waals surface area (Å²) in [7, 11) is 9.87. The van der Waals surface area contributed by atoms with Gasteiger partial charge in [0.2, 0.25) is 0 Å². The van der Waals surface area contributed by atoms with Gasteiger partial charge in [-0.05, 0) is 45.9 Å². The van der Waals surface area contributed by atoms with E-state index >= 15 is 0 Å². The van der Waals surface area contributed by atoms with Crippen LogP contribution in [0.4, 0.5) is 0 Å². The van der Waals surface area contributed by atoms with Gasteiger partial charge in [0.15, 0.2) is 0 Å². The topological polar surface area (TPSA) is 0 Å². The second-order valence-corrected chi connectivity index (χ2v) is 9.26. The van der Waals surface area contributed by atoms with E-state index in [0.717, 1.165) is 6.42 Å². The molecule has 0 heterocycles. The molecule has 118 valence electrons. The maximum absolute atomic E-state index is 4.93. The molecule has 0 atom stereocenters. The van der Waals surface area contributed by atoms with E-state index in [2.05, 4.69) is 84.9 Å². The van der Waals surface area contributed by atoms with Gasteiger partial charge in [-0.3, -0.25) is 0 Å². The number of fused-ring (bicyclic) bond motifs is 1. The van der Waals surface area contributed by atoms with Gasteiger partial charge in [0.05, 0.1) is 0 Å². The molecular weight excluding hydrogens is 414 g/mol. The van der Waals surface area contributed by atoms with Crippen LogP contribution in [-0.4, -0.2) is 0 Å². The quantitative estimate of drug-likeness (QED) is 0.418. The van der Waals surface area contributed by atoms with Crippen molar-refractivity contribution < 1.29 is 20.8 Å². The van der Waals surface area contributed by atoms with Crippen LogP contribution in [0.3, 0.4) is 0 Å². The van der Waals surface area contributed by atoms with Gasteiger partial charge >= 0.3 is 37.9 Å². The van der Waals surface area contributed by atoms with E-state index in [1.807, 2.05) is 0 Å². The number of rotatable bonds is 2. The molecule has 24 heavy (non-hydrogen) atoms. The predicted octanol–water partition coefficient (Wildman–Crippen LogP) is 6.83. The molecule has 0 bridgehead atoms. The first-order valence-electron chi connectivity index (χ1n) is 7.73. The van der Waals surface area contributed by atoms with Gasteiger partial charge in [-0.2, -0.15) is 0 Å². The van der Waals surface area contributed by atoms with Gasteiger partial charge in [0.1, 0.15) is 0 Å². The Balaban J connectivity index is 0.000000526. The Bertz CT molecular complexity index is 827. The zero-order chi connectivity index (χ0) is 16.8. The van der Waals surface area contributed by atoms with Gasteiger partial charge < -0.3 is 0 Å². The molecule has 3 aromatic carbocycles. The first kappa shape index (κ1) is 17.7. The molecule has 1 aliphatic carbocycles. The number of allylic oxidation sites excluding steroid dienone is 1. The minimum absolute atomic E-state index is 0.826. The Morgan fingerprint density at radius 3 is 1.88 bits per heavy atom. The molecule has 0 saturated carbocycles. The molecule has 0 amide bonds. The van der Waals surface area contributed by atoms with E-state index in [-0.39, 0.29) is 0 Å². The molecule has 3 aromatic rings. The molecule has 0 aromatic heterocycles. The van der Waals surface area contributed by atoms with E-state index in [1.165, 1.54) is 33.4 Å². The molecule has 0 fully saturated rings. The van der Waals surface area contributed by atoms with Gasteiger partial charge in [-0.15, -0.1) is 0 Å². The van der Waals surface area contributed by atoms with Crippen molar-refractivity contribution in [2.45, 2.75) is 6.42 Å². The Morgan fingerprint density at radius 2 is 1.25 bits per heavy atom. The van der Waals surface area contributed by atoms with Gasteiger partial charge in [0, 0.05) is 0 Å². The van der Waals surface area contributed by atoms with E-state index in [4.69, 9.17) is 17.0 Å². The fourth-order valence-electron chi connectivity index (χ4n) is 3.08. The third-order valence-electron chi connectivity index (χ3n) is 4.13. The van der Waals surface area contributed by atoms with Crippen molar-refractivity contribution in [2.75, 3.05) is 0 Å². The minimum atomic E-state index is -0.826. The van der Waals surface area contributed by atoms with Crippen molar-refractivity contribution in [1.82, 2.24) is 0 Å². The summed E-state index contributed by atoms with van der Waals surface area (Å²) < 4.78 is 0. The molecule has 0 radical (unpaired) electrons. The van der Waals surface area contributed by atoms with Crippen molar-refractivity contribution >= 4 is 28.7 Å². The van der Waals surface area contributed by atoms with Crippen LogP contribution >= 0.6 is 17.0 Å². The molecule has 0 unspecified atom stereocenters. The molecule has 3 heteroatoms. The number of hydrogen-bond acceptors (Lipinski definition) is 0. The normalized spacial score (nSPS) is 11.8. The molecule has 0 nitrogen and oxygen atoms in total. The molecule has 4 rings (SSSR count). The standard InChI is InChI=1S/C21H16.2ClH.Zr/c1-3-8-16(9-4-1)19-14-18-12-7-13-20(21(18)15-19)17-10-5-2-6-11-17;;;/h1-13,15H,14H2;2*1H;/q;;;+2/p-2. The fraction of sp³-hybridized carbons (Fsp3) is 0.0476. The second kappa shape index (κ2) is 8.81. The summed E-state index contributed by atoms with van der Waals surface area (Å²) in [6.45, 7) is 0.